The first-order valence-electron chi connectivity index (χ1n) is 7.33. The summed E-state index contributed by atoms with van der Waals surface area (Å²) in [5, 5.41) is 2.91. The van der Waals surface area contributed by atoms with Crippen LogP contribution in [0.3, 0.4) is 0 Å². The van der Waals surface area contributed by atoms with Gasteiger partial charge in [0.1, 0.15) is 6.04 Å². The van der Waals surface area contributed by atoms with E-state index in [1.165, 1.54) is 4.90 Å². The van der Waals surface area contributed by atoms with E-state index in [1.807, 2.05) is 0 Å². The summed E-state index contributed by atoms with van der Waals surface area (Å²) in [5.74, 6) is -0.722. The lowest BCUT2D eigenvalue weighted by Gasteiger charge is -2.23. The van der Waals surface area contributed by atoms with Crippen molar-refractivity contribution in [2.45, 2.75) is 64.1 Å². The standard InChI is InChI=1S/C14H22N2O4/c1-3-20-14(19)9(2)15-11-8-12(17)16(13(11)18)10-6-4-5-7-10/h9-11,15H,3-8H2,1-2H3. The fraction of sp³-hybridized carbons (Fsp3) is 0.786. The number of imide groups is 1. The summed E-state index contributed by atoms with van der Waals surface area (Å²) < 4.78 is 4.89. The molecule has 0 aromatic rings. The van der Waals surface area contributed by atoms with E-state index in [9.17, 15) is 14.4 Å². The number of esters is 1. The molecule has 2 fully saturated rings. The van der Waals surface area contributed by atoms with Gasteiger partial charge < -0.3 is 4.74 Å². The molecular formula is C14H22N2O4. The average molecular weight is 282 g/mol. The highest BCUT2D eigenvalue weighted by atomic mass is 16.5. The molecule has 1 N–H and O–H groups in total. The van der Waals surface area contributed by atoms with Crippen molar-refractivity contribution in [1.82, 2.24) is 10.2 Å². The van der Waals surface area contributed by atoms with Gasteiger partial charge in [-0.15, -0.1) is 0 Å². The van der Waals surface area contributed by atoms with Crippen molar-refractivity contribution in [1.29, 1.82) is 0 Å². The third kappa shape index (κ3) is 3.00. The number of hydrogen-bond donors (Lipinski definition) is 1. The molecule has 0 aromatic carbocycles. The van der Waals surface area contributed by atoms with E-state index in [0.29, 0.717) is 6.61 Å². The van der Waals surface area contributed by atoms with Crippen LogP contribution in [0.1, 0.15) is 46.0 Å². The largest absolute Gasteiger partial charge is 0.465 e. The molecule has 1 heterocycles. The molecule has 6 heteroatoms. The molecule has 0 spiro atoms. The van der Waals surface area contributed by atoms with Crippen LogP contribution in [0, 0.1) is 0 Å². The maximum absolute atomic E-state index is 12.3. The molecule has 2 aliphatic rings. The summed E-state index contributed by atoms with van der Waals surface area (Å²) in [6.45, 7) is 3.68. The van der Waals surface area contributed by atoms with Crippen LogP contribution in [-0.2, 0) is 19.1 Å². The van der Waals surface area contributed by atoms with Gasteiger partial charge in [0, 0.05) is 6.04 Å². The van der Waals surface area contributed by atoms with E-state index >= 15 is 0 Å². The molecule has 2 unspecified atom stereocenters. The lowest BCUT2D eigenvalue weighted by atomic mass is 10.2. The molecule has 2 atom stereocenters. The number of hydrogen-bond acceptors (Lipinski definition) is 5. The predicted octanol–water partition coefficient (Wildman–Crippen LogP) is 0.598. The van der Waals surface area contributed by atoms with E-state index in [0.717, 1.165) is 25.7 Å². The Kier molecular flexibility index (Phi) is 4.75. The number of rotatable bonds is 5. The van der Waals surface area contributed by atoms with Crippen molar-refractivity contribution >= 4 is 17.8 Å². The van der Waals surface area contributed by atoms with Crippen molar-refractivity contribution in [2.24, 2.45) is 0 Å². The minimum atomic E-state index is -0.595. The Hall–Kier alpha value is -1.43. The Morgan fingerprint density at radius 2 is 2.05 bits per heavy atom. The highest BCUT2D eigenvalue weighted by Gasteiger charge is 2.43. The predicted molar refractivity (Wildman–Crippen MR) is 71.7 cm³/mol. The maximum atomic E-state index is 12.3. The van der Waals surface area contributed by atoms with Crippen LogP contribution in [0.2, 0.25) is 0 Å². The Morgan fingerprint density at radius 3 is 2.65 bits per heavy atom. The second-order valence-electron chi connectivity index (χ2n) is 5.44. The molecule has 2 amide bonds. The van der Waals surface area contributed by atoms with Gasteiger partial charge in [-0.1, -0.05) is 12.8 Å². The Labute approximate surface area is 118 Å². The third-order valence-electron chi connectivity index (χ3n) is 3.96. The number of carbonyl (C=O) groups excluding carboxylic acids is 3. The van der Waals surface area contributed by atoms with Crippen molar-refractivity contribution in [3.05, 3.63) is 0 Å². The van der Waals surface area contributed by atoms with Crippen LogP contribution in [0.15, 0.2) is 0 Å². The van der Waals surface area contributed by atoms with E-state index in [1.54, 1.807) is 13.8 Å². The van der Waals surface area contributed by atoms with Crippen LogP contribution in [0.5, 0.6) is 0 Å². The molecule has 1 aliphatic heterocycles. The Bertz CT molecular complexity index is 404. The number of nitrogens with one attached hydrogen (secondary N) is 1. The molecule has 1 saturated carbocycles. The molecule has 0 radical (unpaired) electrons. The minimum Gasteiger partial charge on any atom is -0.465 e. The van der Waals surface area contributed by atoms with Gasteiger partial charge in [-0.05, 0) is 26.7 Å². The molecule has 2 rings (SSSR count). The van der Waals surface area contributed by atoms with Gasteiger partial charge in [-0.2, -0.15) is 0 Å². The Balaban J connectivity index is 1.95. The van der Waals surface area contributed by atoms with E-state index < -0.39 is 18.1 Å². The first-order valence-corrected chi connectivity index (χ1v) is 7.33. The average Bonchev–Trinajstić information content (AvgIpc) is 2.99. The summed E-state index contributed by atoms with van der Waals surface area (Å²) in [6.07, 6.45) is 4.08. The fourth-order valence-corrected chi connectivity index (χ4v) is 2.96. The SMILES string of the molecule is CCOC(=O)C(C)NC1CC(=O)N(C2CCCC2)C1=O. The molecule has 112 valence electrons. The van der Waals surface area contributed by atoms with E-state index in [4.69, 9.17) is 4.74 Å². The highest BCUT2D eigenvalue weighted by molar-refractivity contribution is 6.06. The first kappa shape index (κ1) is 15.0. The summed E-state index contributed by atoms with van der Waals surface area (Å²) in [7, 11) is 0. The van der Waals surface area contributed by atoms with Crippen molar-refractivity contribution < 1.29 is 19.1 Å². The van der Waals surface area contributed by atoms with Gasteiger partial charge in [-0.25, -0.2) is 0 Å². The van der Waals surface area contributed by atoms with E-state index in [2.05, 4.69) is 5.32 Å². The molecule has 6 nitrogen and oxygen atoms in total. The van der Waals surface area contributed by atoms with Gasteiger partial charge in [-0.3, -0.25) is 24.6 Å². The lowest BCUT2D eigenvalue weighted by Crippen LogP contribution is -2.47. The zero-order valence-corrected chi connectivity index (χ0v) is 12.1. The summed E-state index contributed by atoms with van der Waals surface area (Å²) >= 11 is 0. The van der Waals surface area contributed by atoms with Gasteiger partial charge in [0.2, 0.25) is 11.8 Å². The number of carbonyl (C=O) groups is 3. The van der Waals surface area contributed by atoms with Crippen LogP contribution >= 0.6 is 0 Å². The van der Waals surface area contributed by atoms with Crippen molar-refractivity contribution in [3.8, 4) is 0 Å². The van der Waals surface area contributed by atoms with Gasteiger partial charge in [0.15, 0.2) is 0 Å². The van der Waals surface area contributed by atoms with Crippen molar-refractivity contribution in [3.63, 3.8) is 0 Å². The topological polar surface area (TPSA) is 75.7 Å². The van der Waals surface area contributed by atoms with Crippen LogP contribution in [-0.4, -0.2) is 47.4 Å². The normalized spacial score (nSPS) is 25.3. The van der Waals surface area contributed by atoms with Gasteiger partial charge in [0.05, 0.1) is 19.1 Å². The number of ether oxygens (including phenoxy) is 1. The zero-order valence-electron chi connectivity index (χ0n) is 12.1. The van der Waals surface area contributed by atoms with Crippen LogP contribution in [0.4, 0.5) is 0 Å². The molecule has 1 saturated heterocycles. The number of nitrogens with zero attached hydrogens (tertiary/aromatic N) is 1. The summed E-state index contributed by atoms with van der Waals surface area (Å²) in [6, 6.07) is -1.12. The van der Waals surface area contributed by atoms with Crippen molar-refractivity contribution in [2.75, 3.05) is 6.61 Å². The zero-order chi connectivity index (χ0) is 14.7. The molecule has 0 bridgehead atoms. The first-order chi connectivity index (χ1) is 9.54. The monoisotopic (exact) mass is 282 g/mol. The molecule has 1 aliphatic carbocycles. The van der Waals surface area contributed by atoms with E-state index in [-0.39, 0.29) is 24.3 Å². The second kappa shape index (κ2) is 6.35. The third-order valence-corrected chi connectivity index (χ3v) is 3.96. The number of likely N-dealkylation sites (tertiary alicyclic amines) is 1. The fourth-order valence-electron chi connectivity index (χ4n) is 2.96. The quantitative estimate of drug-likeness (QED) is 0.590. The van der Waals surface area contributed by atoms with Gasteiger partial charge >= 0.3 is 5.97 Å². The van der Waals surface area contributed by atoms with Crippen LogP contribution in [0.25, 0.3) is 0 Å². The summed E-state index contributed by atoms with van der Waals surface area (Å²) in [4.78, 5) is 37.3. The van der Waals surface area contributed by atoms with Crippen LogP contribution < -0.4 is 5.32 Å². The molecule has 0 aromatic heterocycles. The highest BCUT2D eigenvalue weighted by Crippen LogP contribution is 2.28. The molecule has 20 heavy (non-hydrogen) atoms. The summed E-state index contributed by atoms with van der Waals surface area (Å²) in [5.41, 5.74) is 0. The maximum Gasteiger partial charge on any atom is 0.322 e. The number of amides is 2. The minimum absolute atomic E-state index is 0.0553. The smallest absolute Gasteiger partial charge is 0.322 e. The lowest BCUT2D eigenvalue weighted by molar-refractivity contribution is -0.145. The second-order valence-corrected chi connectivity index (χ2v) is 5.44. The molecular weight excluding hydrogens is 260 g/mol. The van der Waals surface area contributed by atoms with Gasteiger partial charge in [0.25, 0.3) is 0 Å². The Morgan fingerprint density at radius 1 is 1.40 bits per heavy atom.